The zero-order chi connectivity index (χ0) is 9.97. The number of halogens is 1. The van der Waals surface area contributed by atoms with Gasteiger partial charge in [0.1, 0.15) is 0 Å². The molecule has 0 amide bonds. The Labute approximate surface area is 89.3 Å². The molecule has 14 heavy (non-hydrogen) atoms. The lowest BCUT2D eigenvalue weighted by Crippen LogP contribution is -1.87. The van der Waals surface area contributed by atoms with Gasteiger partial charge in [-0.3, -0.25) is 0 Å². The molecule has 74 valence electrons. The summed E-state index contributed by atoms with van der Waals surface area (Å²) in [5, 5.41) is 0.779. The minimum atomic E-state index is 0.691. The van der Waals surface area contributed by atoms with Gasteiger partial charge in [-0.1, -0.05) is 23.7 Å². The molecule has 0 N–H and O–H groups in total. The molecule has 0 unspecified atom stereocenters. The first-order valence-electron chi connectivity index (χ1n) is 4.80. The molecule has 0 spiro atoms. The molecule has 1 nitrogen and oxygen atoms in total. The number of allylic oxidation sites excluding steroid dienone is 1. The van der Waals surface area contributed by atoms with Crippen LogP contribution in [0.1, 0.15) is 18.4 Å². The molecule has 0 heterocycles. The topological polar surface area (TPSA) is 9.23 Å². The number of benzene rings is 1. The maximum absolute atomic E-state index is 5.84. The molecule has 0 radical (unpaired) electrons. The van der Waals surface area contributed by atoms with Gasteiger partial charge in [0.15, 0.2) is 0 Å². The van der Waals surface area contributed by atoms with Crippen molar-refractivity contribution in [3.05, 3.63) is 41.1 Å². The van der Waals surface area contributed by atoms with Crippen molar-refractivity contribution >= 4 is 17.2 Å². The zero-order valence-corrected chi connectivity index (χ0v) is 8.92. The Hall–Kier alpha value is -0.950. The van der Waals surface area contributed by atoms with Crippen LogP contribution in [-0.2, 0) is 4.74 Å². The second-order valence-electron chi connectivity index (χ2n) is 3.59. The first-order valence-corrected chi connectivity index (χ1v) is 5.18. The summed E-state index contributed by atoms with van der Waals surface area (Å²) < 4.78 is 5.09. The second-order valence-corrected chi connectivity index (χ2v) is 4.03. The summed E-state index contributed by atoms with van der Waals surface area (Å²) >= 11 is 5.84. The maximum Gasteiger partial charge on any atom is 0.0865 e. The molecule has 1 aliphatic carbocycles. The summed E-state index contributed by atoms with van der Waals surface area (Å²) in [4.78, 5) is 0. The van der Waals surface area contributed by atoms with E-state index in [0.29, 0.717) is 5.92 Å². The minimum Gasteiger partial charge on any atom is -0.504 e. The SMILES string of the molecule is CO/C=C(/c1ccc(Cl)cc1)C1CC1. The number of ether oxygens (including phenoxy) is 1. The van der Waals surface area contributed by atoms with Crippen molar-refractivity contribution in [1.29, 1.82) is 0 Å². The molecular formula is C12H13ClO. The van der Waals surface area contributed by atoms with Gasteiger partial charge in [-0.2, -0.15) is 0 Å². The summed E-state index contributed by atoms with van der Waals surface area (Å²) in [6.45, 7) is 0. The Morgan fingerprint density at radius 1 is 1.36 bits per heavy atom. The van der Waals surface area contributed by atoms with Crippen molar-refractivity contribution in [2.75, 3.05) is 7.11 Å². The standard InChI is InChI=1S/C12H13ClO/c1-14-8-12(9-2-3-9)10-4-6-11(13)7-5-10/h4-9H,2-3H2,1H3/b12-8+. The third kappa shape index (κ3) is 2.10. The fourth-order valence-corrected chi connectivity index (χ4v) is 1.69. The lowest BCUT2D eigenvalue weighted by molar-refractivity contribution is 0.338. The van der Waals surface area contributed by atoms with E-state index in [0.717, 1.165) is 5.02 Å². The monoisotopic (exact) mass is 208 g/mol. The molecule has 0 saturated heterocycles. The van der Waals surface area contributed by atoms with E-state index >= 15 is 0 Å². The molecule has 0 bridgehead atoms. The summed E-state index contributed by atoms with van der Waals surface area (Å²) in [6, 6.07) is 7.93. The number of rotatable bonds is 3. The van der Waals surface area contributed by atoms with Crippen LogP contribution in [0, 0.1) is 5.92 Å². The Morgan fingerprint density at radius 2 is 2.00 bits per heavy atom. The first-order chi connectivity index (χ1) is 6.81. The van der Waals surface area contributed by atoms with Crippen molar-refractivity contribution in [3.8, 4) is 0 Å². The van der Waals surface area contributed by atoms with E-state index in [1.807, 2.05) is 30.5 Å². The molecule has 1 fully saturated rings. The largest absolute Gasteiger partial charge is 0.504 e. The number of hydrogen-bond acceptors (Lipinski definition) is 1. The Balaban J connectivity index is 2.26. The van der Waals surface area contributed by atoms with Gasteiger partial charge in [0.25, 0.3) is 0 Å². The molecule has 1 aromatic rings. The first kappa shape index (κ1) is 9.60. The molecule has 1 aromatic carbocycles. The smallest absolute Gasteiger partial charge is 0.0865 e. The van der Waals surface area contributed by atoms with Crippen LogP contribution < -0.4 is 0 Å². The van der Waals surface area contributed by atoms with Gasteiger partial charge in [-0.05, 0) is 42.0 Å². The Morgan fingerprint density at radius 3 is 2.50 bits per heavy atom. The lowest BCUT2D eigenvalue weighted by Gasteiger charge is -2.05. The minimum absolute atomic E-state index is 0.691. The average Bonchev–Trinajstić information content (AvgIpc) is 2.99. The molecule has 0 aliphatic heterocycles. The summed E-state index contributed by atoms with van der Waals surface area (Å²) in [5.74, 6) is 0.691. The summed E-state index contributed by atoms with van der Waals surface area (Å²) in [5.41, 5.74) is 2.52. The maximum atomic E-state index is 5.84. The van der Waals surface area contributed by atoms with E-state index in [1.165, 1.54) is 24.0 Å². The Bertz CT molecular complexity index is 336. The van der Waals surface area contributed by atoms with Crippen LogP contribution >= 0.6 is 11.6 Å². The van der Waals surface area contributed by atoms with Crippen LogP contribution in [-0.4, -0.2) is 7.11 Å². The van der Waals surface area contributed by atoms with Crippen LogP contribution in [0.4, 0.5) is 0 Å². The van der Waals surface area contributed by atoms with Crippen molar-refractivity contribution in [3.63, 3.8) is 0 Å². The van der Waals surface area contributed by atoms with Crippen LogP contribution in [0.2, 0.25) is 5.02 Å². The average molecular weight is 209 g/mol. The number of methoxy groups -OCH3 is 1. The van der Waals surface area contributed by atoms with E-state index < -0.39 is 0 Å². The molecule has 0 aromatic heterocycles. The van der Waals surface area contributed by atoms with Gasteiger partial charge >= 0.3 is 0 Å². The third-order valence-corrected chi connectivity index (χ3v) is 2.69. The fourth-order valence-electron chi connectivity index (χ4n) is 1.56. The fraction of sp³-hybridized carbons (Fsp3) is 0.333. The van der Waals surface area contributed by atoms with E-state index in [9.17, 15) is 0 Å². The summed E-state index contributed by atoms with van der Waals surface area (Å²) in [7, 11) is 1.69. The van der Waals surface area contributed by atoms with Gasteiger partial charge in [0.2, 0.25) is 0 Å². The van der Waals surface area contributed by atoms with Crippen LogP contribution in [0.25, 0.3) is 5.57 Å². The predicted octanol–water partition coefficient (Wildman–Crippen LogP) is 3.74. The molecular weight excluding hydrogens is 196 g/mol. The number of hydrogen-bond donors (Lipinski definition) is 0. The molecule has 1 aliphatic rings. The van der Waals surface area contributed by atoms with E-state index in [-0.39, 0.29) is 0 Å². The van der Waals surface area contributed by atoms with Crippen molar-refractivity contribution in [2.45, 2.75) is 12.8 Å². The van der Waals surface area contributed by atoms with Gasteiger partial charge in [0.05, 0.1) is 13.4 Å². The van der Waals surface area contributed by atoms with E-state index in [1.54, 1.807) is 7.11 Å². The van der Waals surface area contributed by atoms with Crippen LogP contribution in [0.3, 0.4) is 0 Å². The van der Waals surface area contributed by atoms with Crippen LogP contribution in [0.5, 0.6) is 0 Å². The summed E-state index contributed by atoms with van der Waals surface area (Å²) in [6.07, 6.45) is 4.40. The molecule has 2 heteroatoms. The highest BCUT2D eigenvalue weighted by molar-refractivity contribution is 6.30. The van der Waals surface area contributed by atoms with Gasteiger partial charge < -0.3 is 4.74 Å². The van der Waals surface area contributed by atoms with Gasteiger partial charge in [0, 0.05) is 5.02 Å². The van der Waals surface area contributed by atoms with Crippen molar-refractivity contribution < 1.29 is 4.74 Å². The van der Waals surface area contributed by atoms with Gasteiger partial charge in [-0.15, -0.1) is 0 Å². The second kappa shape index (κ2) is 4.05. The quantitative estimate of drug-likeness (QED) is 0.688. The zero-order valence-electron chi connectivity index (χ0n) is 8.16. The van der Waals surface area contributed by atoms with Crippen LogP contribution in [0.15, 0.2) is 30.5 Å². The highest BCUT2D eigenvalue weighted by atomic mass is 35.5. The van der Waals surface area contributed by atoms with Crippen molar-refractivity contribution in [1.82, 2.24) is 0 Å². The molecule has 0 atom stereocenters. The predicted molar refractivity (Wildman–Crippen MR) is 59.2 cm³/mol. The highest BCUT2D eigenvalue weighted by Gasteiger charge is 2.27. The third-order valence-electron chi connectivity index (χ3n) is 2.44. The van der Waals surface area contributed by atoms with E-state index in [4.69, 9.17) is 16.3 Å². The highest BCUT2D eigenvalue weighted by Crippen LogP contribution is 2.41. The molecule has 2 rings (SSSR count). The molecule has 1 saturated carbocycles. The van der Waals surface area contributed by atoms with Crippen molar-refractivity contribution in [2.24, 2.45) is 5.92 Å². The van der Waals surface area contributed by atoms with E-state index in [2.05, 4.69) is 0 Å². The van der Waals surface area contributed by atoms with Gasteiger partial charge in [-0.25, -0.2) is 0 Å². The lowest BCUT2D eigenvalue weighted by atomic mass is 10.0. The normalized spacial score (nSPS) is 16.9. The Kier molecular flexibility index (Phi) is 2.78.